The lowest BCUT2D eigenvalue weighted by molar-refractivity contribution is 0.592. The van der Waals surface area contributed by atoms with Crippen LogP contribution >= 0.6 is 7.14 Å². The van der Waals surface area contributed by atoms with Crippen LogP contribution in [0.1, 0.15) is 0 Å². The van der Waals surface area contributed by atoms with Crippen molar-refractivity contribution >= 4 is 55.6 Å². The zero-order valence-electron chi connectivity index (χ0n) is 27.1. The van der Waals surface area contributed by atoms with E-state index < -0.39 is 7.14 Å². The lowest BCUT2D eigenvalue weighted by Crippen LogP contribution is -2.24. The lowest BCUT2D eigenvalue weighted by Gasteiger charge is -2.20. The fourth-order valence-corrected chi connectivity index (χ4v) is 9.69. The van der Waals surface area contributed by atoms with Gasteiger partial charge in [0.1, 0.15) is 0 Å². The van der Waals surface area contributed by atoms with Crippen molar-refractivity contribution in [3.8, 4) is 33.6 Å². The number of para-hydroxylation sites is 1. The summed E-state index contributed by atoms with van der Waals surface area (Å²) in [5, 5.41) is 6.95. The van der Waals surface area contributed by atoms with Crippen molar-refractivity contribution in [1.29, 1.82) is 0 Å². The maximum atomic E-state index is 14.8. The summed E-state index contributed by atoms with van der Waals surface area (Å²) in [5.74, 6) is 0. The molecule has 0 fully saturated rings. The van der Waals surface area contributed by atoms with E-state index in [4.69, 9.17) is 9.97 Å². The Morgan fingerprint density at radius 2 is 0.840 bits per heavy atom. The predicted molar refractivity (Wildman–Crippen MR) is 210 cm³/mol. The van der Waals surface area contributed by atoms with Crippen molar-refractivity contribution in [3.05, 3.63) is 188 Å². The molecule has 9 rings (SSSR count). The lowest BCUT2D eigenvalue weighted by atomic mass is 9.95. The van der Waals surface area contributed by atoms with Gasteiger partial charge in [0.2, 0.25) is 0 Å². The summed E-state index contributed by atoms with van der Waals surface area (Å²) in [5.41, 5.74) is 8.07. The molecular weight excluding hydrogens is 627 g/mol. The Bertz CT molecular complexity index is 2650. The summed E-state index contributed by atoms with van der Waals surface area (Å²) in [7, 11) is -3.03. The molecule has 0 bridgehead atoms. The summed E-state index contributed by atoms with van der Waals surface area (Å²) in [4.78, 5) is 10.3. The summed E-state index contributed by atoms with van der Waals surface area (Å²) < 4.78 is 14.8. The van der Waals surface area contributed by atoms with Crippen LogP contribution in [0.25, 0.3) is 66.2 Å². The standard InChI is InChI=1S/C46H31N2OP/c49-50(36-14-6-2-7-15-36,37-16-8-3-9-17-37)38-26-24-33(25-27-38)32-20-22-35(23-21-32)46-45-40(39-18-10-11-19-43(39)48-46)28-31-44-41(45)29-30-42(47-44)34-12-4-1-5-13-34/h1-31H. The first kappa shape index (κ1) is 29.9. The molecule has 0 aliphatic carbocycles. The third-order valence-corrected chi connectivity index (χ3v) is 12.6. The van der Waals surface area contributed by atoms with E-state index >= 15 is 0 Å². The summed E-state index contributed by atoms with van der Waals surface area (Å²) in [6.45, 7) is 0. The van der Waals surface area contributed by atoms with Crippen LogP contribution in [0.15, 0.2) is 188 Å². The van der Waals surface area contributed by atoms with Gasteiger partial charge in [-0.25, -0.2) is 9.97 Å². The van der Waals surface area contributed by atoms with E-state index in [2.05, 4.69) is 91.0 Å². The SMILES string of the molecule is O=P(c1ccccc1)(c1ccccc1)c1ccc(-c2ccc(-c3nc4ccccc4c4ccc5nc(-c6ccccc6)ccc5c34)cc2)cc1. The Morgan fingerprint density at radius 3 is 1.50 bits per heavy atom. The quantitative estimate of drug-likeness (QED) is 0.132. The van der Waals surface area contributed by atoms with E-state index in [1.807, 2.05) is 97.1 Å². The van der Waals surface area contributed by atoms with Crippen LogP contribution in [0.2, 0.25) is 0 Å². The number of hydrogen-bond acceptors (Lipinski definition) is 3. The zero-order valence-corrected chi connectivity index (χ0v) is 28.0. The first-order chi connectivity index (χ1) is 24.7. The molecule has 0 spiro atoms. The highest BCUT2D eigenvalue weighted by Crippen LogP contribution is 2.43. The van der Waals surface area contributed by atoms with Gasteiger partial charge in [0.15, 0.2) is 7.14 Å². The van der Waals surface area contributed by atoms with Gasteiger partial charge in [0, 0.05) is 43.2 Å². The highest BCUT2D eigenvalue weighted by molar-refractivity contribution is 7.85. The number of pyridine rings is 2. The van der Waals surface area contributed by atoms with E-state index in [0.717, 1.165) is 82.1 Å². The van der Waals surface area contributed by atoms with E-state index in [9.17, 15) is 4.57 Å². The Kier molecular flexibility index (Phi) is 7.42. The fourth-order valence-electron chi connectivity index (χ4n) is 7.04. The highest BCUT2D eigenvalue weighted by atomic mass is 31.2. The number of aromatic nitrogens is 2. The third-order valence-electron chi connectivity index (χ3n) is 9.57. The van der Waals surface area contributed by atoms with Crippen LogP contribution in [0.5, 0.6) is 0 Å². The minimum Gasteiger partial charge on any atom is -0.309 e. The molecule has 0 aliphatic heterocycles. The molecule has 0 amide bonds. The molecular formula is C46H31N2OP. The van der Waals surface area contributed by atoms with E-state index in [0.29, 0.717) is 0 Å². The molecule has 0 saturated carbocycles. The van der Waals surface area contributed by atoms with Gasteiger partial charge in [0.25, 0.3) is 0 Å². The molecule has 0 aliphatic rings. The van der Waals surface area contributed by atoms with Crippen LogP contribution in [-0.4, -0.2) is 9.97 Å². The Labute approximate surface area is 290 Å². The molecule has 0 saturated heterocycles. The van der Waals surface area contributed by atoms with Crippen LogP contribution in [0, 0.1) is 0 Å². The summed E-state index contributed by atoms with van der Waals surface area (Å²) in [6.07, 6.45) is 0. The molecule has 2 heterocycles. The van der Waals surface area contributed by atoms with Gasteiger partial charge in [-0.15, -0.1) is 0 Å². The second-order valence-electron chi connectivity index (χ2n) is 12.5. The fraction of sp³-hybridized carbons (Fsp3) is 0. The van der Waals surface area contributed by atoms with Crippen molar-refractivity contribution in [2.24, 2.45) is 0 Å². The molecule has 50 heavy (non-hydrogen) atoms. The molecule has 7 aromatic carbocycles. The first-order valence-corrected chi connectivity index (χ1v) is 18.5. The second-order valence-corrected chi connectivity index (χ2v) is 15.3. The molecule has 0 atom stereocenters. The van der Waals surface area contributed by atoms with Gasteiger partial charge < -0.3 is 4.57 Å². The zero-order chi connectivity index (χ0) is 33.5. The van der Waals surface area contributed by atoms with E-state index in [-0.39, 0.29) is 0 Å². The second kappa shape index (κ2) is 12.4. The topological polar surface area (TPSA) is 42.9 Å². The smallest absolute Gasteiger partial charge is 0.171 e. The van der Waals surface area contributed by atoms with Crippen LogP contribution in [0.4, 0.5) is 0 Å². The van der Waals surface area contributed by atoms with E-state index in [1.165, 1.54) is 0 Å². The minimum atomic E-state index is -3.03. The summed E-state index contributed by atoms with van der Waals surface area (Å²) >= 11 is 0. The predicted octanol–water partition coefficient (Wildman–Crippen LogP) is 10.6. The molecule has 0 N–H and O–H groups in total. The maximum Gasteiger partial charge on any atom is 0.171 e. The molecule has 2 aromatic heterocycles. The van der Waals surface area contributed by atoms with Gasteiger partial charge in [-0.1, -0.05) is 164 Å². The van der Waals surface area contributed by atoms with Crippen LogP contribution in [0.3, 0.4) is 0 Å². The molecule has 0 unspecified atom stereocenters. The van der Waals surface area contributed by atoms with Gasteiger partial charge in [-0.2, -0.15) is 0 Å². The average molecular weight is 659 g/mol. The molecule has 0 radical (unpaired) electrons. The van der Waals surface area contributed by atoms with Gasteiger partial charge in [0.05, 0.1) is 22.4 Å². The Balaban J connectivity index is 1.13. The molecule has 3 nitrogen and oxygen atoms in total. The summed E-state index contributed by atoms with van der Waals surface area (Å²) in [6, 6.07) is 63.7. The Hall–Kier alpha value is -6.15. The van der Waals surface area contributed by atoms with Crippen molar-refractivity contribution in [2.75, 3.05) is 0 Å². The van der Waals surface area contributed by atoms with Crippen molar-refractivity contribution in [2.45, 2.75) is 0 Å². The van der Waals surface area contributed by atoms with E-state index in [1.54, 1.807) is 0 Å². The molecule has 9 aromatic rings. The van der Waals surface area contributed by atoms with Gasteiger partial charge in [-0.05, 0) is 40.8 Å². The monoisotopic (exact) mass is 658 g/mol. The normalized spacial score (nSPS) is 11.7. The van der Waals surface area contributed by atoms with Crippen molar-refractivity contribution in [1.82, 2.24) is 9.97 Å². The minimum absolute atomic E-state index is 0.818. The number of benzene rings is 7. The number of rotatable bonds is 6. The third kappa shape index (κ3) is 5.11. The first-order valence-electron chi connectivity index (χ1n) is 16.8. The molecule has 236 valence electrons. The largest absolute Gasteiger partial charge is 0.309 e. The van der Waals surface area contributed by atoms with Crippen molar-refractivity contribution in [3.63, 3.8) is 0 Å². The van der Waals surface area contributed by atoms with Gasteiger partial charge >= 0.3 is 0 Å². The maximum absolute atomic E-state index is 14.8. The van der Waals surface area contributed by atoms with Crippen LogP contribution < -0.4 is 15.9 Å². The number of fused-ring (bicyclic) bond motifs is 5. The van der Waals surface area contributed by atoms with Crippen molar-refractivity contribution < 1.29 is 4.57 Å². The Morgan fingerprint density at radius 1 is 0.340 bits per heavy atom. The van der Waals surface area contributed by atoms with Gasteiger partial charge in [-0.3, -0.25) is 0 Å². The average Bonchev–Trinajstić information content (AvgIpc) is 3.21. The highest BCUT2D eigenvalue weighted by Gasteiger charge is 2.29. The molecule has 4 heteroatoms. The number of nitrogens with zero attached hydrogens (tertiary/aromatic N) is 2. The van der Waals surface area contributed by atoms with Crippen LogP contribution in [-0.2, 0) is 4.57 Å². The number of hydrogen-bond donors (Lipinski definition) is 0.